The molecule has 0 radical (unpaired) electrons. The zero-order valence-corrected chi connectivity index (χ0v) is 12.0. The second kappa shape index (κ2) is 5.98. The molecule has 0 aliphatic carbocycles. The highest BCUT2D eigenvalue weighted by Crippen LogP contribution is 2.17. The molecule has 0 amide bonds. The van der Waals surface area contributed by atoms with Gasteiger partial charge in [-0.05, 0) is 40.8 Å². The van der Waals surface area contributed by atoms with Gasteiger partial charge in [0.15, 0.2) is 0 Å². The SMILES string of the molecule is CCS(=O)(=O)CCCC(N)C(C)(C)N(C)C. The lowest BCUT2D eigenvalue weighted by Gasteiger charge is -2.38. The van der Waals surface area contributed by atoms with E-state index in [0.717, 1.165) is 6.42 Å². The molecule has 0 spiro atoms. The Labute approximate surface area is 100 Å². The van der Waals surface area contributed by atoms with E-state index in [4.69, 9.17) is 5.73 Å². The minimum absolute atomic E-state index is 0.00504. The van der Waals surface area contributed by atoms with Crippen LogP contribution in [-0.4, -0.2) is 50.5 Å². The first-order valence-electron chi connectivity index (χ1n) is 5.77. The predicted octanol–water partition coefficient (Wildman–Crippen LogP) is 0.869. The van der Waals surface area contributed by atoms with Crippen LogP contribution in [0, 0.1) is 0 Å². The predicted molar refractivity (Wildman–Crippen MR) is 69.3 cm³/mol. The molecule has 1 unspecified atom stereocenters. The second-order valence-electron chi connectivity index (χ2n) is 5.03. The Morgan fingerprint density at radius 3 is 2.19 bits per heavy atom. The average Bonchev–Trinajstić information content (AvgIpc) is 2.17. The molecule has 16 heavy (non-hydrogen) atoms. The van der Waals surface area contributed by atoms with Gasteiger partial charge < -0.3 is 10.6 Å². The lowest BCUT2D eigenvalue weighted by Crippen LogP contribution is -2.53. The van der Waals surface area contributed by atoms with Crippen LogP contribution in [0.4, 0.5) is 0 Å². The van der Waals surface area contributed by atoms with Crippen molar-refractivity contribution >= 4 is 9.84 Å². The van der Waals surface area contributed by atoms with Crippen LogP contribution in [0.25, 0.3) is 0 Å². The first-order valence-corrected chi connectivity index (χ1v) is 7.59. The molecule has 0 aromatic rings. The number of likely N-dealkylation sites (N-methyl/N-ethyl adjacent to an activating group) is 1. The molecular formula is C11H26N2O2S. The Hall–Kier alpha value is -0.130. The number of rotatable bonds is 7. The van der Waals surface area contributed by atoms with Crippen LogP contribution in [0.2, 0.25) is 0 Å². The summed E-state index contributed by atoms with van der Waals surface area (Å²) in [5.74, 6) is 0.472. The van der Waals surface area contributed by atoms with Crippen LogP contribution < -0.4 is 5.73 Å². The van der Waals surface area contributed by atoms with E-state index in [2.05, 4.69) is 18.7 Å². The normalized spacial score (nSPS) is 15.4. The topological polar surface area (TPSA) is 63.4 Å². The van der Waals surface area contributed by atoms with Crippen LogP contribution >= 0.6 is 0 Å². The van der Waals surface area contributed by atoms with Crippen molar-refractivity contribution < 1.29 is 8.42 Å². The maximum Gasteiger partial charge on any atom is 0.150 e. The molecular weight excluding hydrogens is 224 g/mol. The Morgan fingerprint density at radius 1 is 1.31 bits per heavy atom. The molecule has 0 aromatic carbocycles. The molecule has 0 saturated carbocycles. The van der Waals surface area contributed by atoms with Gasteiger partial charge in [0.05, 0.1) is 5.75 Å². The van der Waals surface area contributed by atoms with Gasteiger partial charge in [0.2, 0.25) is 0 Å². The fourth-order valence-corrected chi connectivity index (χ4v) is 2.25. The number of sulfone groups is 1. The Balaban J connectivity index is 4.14. The van der Waals surface area contributed by atoms with Crippen LogP contribution in [0.1, 0.15) is 33.6 Å². The van der Waals surface area contributed by atoms with E-state index in [1.807, 2.05) is 14.1 Å². The first-order chi connectivity index (χ1) is 7.13. The lowest BCUT2D eigenvalue weighted by atomic mass is 9.91. The number of nitrogens with two attached hydrogens (primary N) is 1. The van der Waals surface area contributed by atoms with Gasteiger partial charge in [-0.3, -0.25) is 0 Å². The van der Waals surface area contributed by atoms with E-state index in [0.29, 0.717) is 6.42 Å². The summed E-state index contributed by atoms with van der Waals surface area (Å²) in [6.07, 6.45) is 1.39. The molecule has 5 heteroatoms. The number of hydrogen-bond donors (Lipinski definition) is 1. The molecule has 0 heterocycles. The highest BCUT2D eigenvalue weighted by Gasteiger charge is 2.28. The van der Waals surface area contributed by atoms with Crippen molar-refractivity contribution in [2.75, 3.05) is 25.6 Å². The van der Waals surface area contributed by atoms with Crippen molar-refractivity contribution in [2.45, 2.75) is 45.2 Å². The van der Waals surface area contributed by atoms with E-state index < -0.39 is 9.84 Å². The molecule has 0 aromatic heterocycles. The summed E-state index contributed by atoms with van der Waals surface area (Å²) in [5, 5.41) is 0. The molecule has 0 saturated heterocycles. The average molecular weight is 250 g/mol. The molecule has 0 aliphatic heterocycles. The third kappa shape index (κ3) is 4.80. The van der Waals surface area contributed by atoms with Crippen molar-refractivity contribution in [3.63, 3.8) is 0 Å². The van der Waals surface area contributed by atoms with Gasteiger partial charge in [0.25, 0.3) is 0 Å². The van der Waals surface area contributed by atoms with E-state index in [-0.39, 0.29) is 23.1 Å². The van der Waals surface area contributed by atoms with E-state index in [9.17, 15) is 8.42 Å². The molecule has 98 valence electrons. The molecule has 4 nitrogen and oxygen atoms in total. The van der Waals surface area contributed by atoms with Crippen LogP contribution in [-0.2, 0) is 9.84 Å². The van der Waals surface area contributed by atoms with Gasteiger partial charge in [0, 0.05) is 17.3 Å². The van der Waals surface area contributed by atoms with E-state index in [1.54, 1.807) is 6.92 Å². The summed E-state index contributed by atoms with van der Waals surface area (Å²) < 4.78 is 22.6. The minimum atomic E-state index is -2.85. The van der Waals surface area contributed by atoms with Gasteiger partial charge in [-0.15, -0.1) is 0 Å². The lowest BCUT2D eigenvalue weighted by molar-refractivity contribution is 0.153. The molecule has 0 fully saturated rings. The maximum absolute atomic E-state index is 11.3. The van der Waals surface area contributed by atoms with Gasteiger partial charge >= 0.3 is 0 Å². The number of hydrogen-bond acceptors (Lipinski definition) is 4. The fraction of sp³-hybridized carbons (Fsp3) is 1.00. The van der Waals surface area contributed by atoms with Crippen LogP contribution in [0.5, 0.6) is 0 Å². The summed E-state index contributed by atoms with van der Waals surface area (Å²) in [6, 6.07) is -0.00504. The second-order valence-corrected chi connectivity index (χ2v) is 7.51. The summed E-state index contributed by atoms with van der Waals surface area (Å²) in [5.41, 5.74) is 5.99. The van der Waals surface area contributed by atoms with Gasteiger partial charge in [0.1, 0.15) is 9.84 Å². The summed E-state index contributed by atoms with van der Waals surface area (Å²) in [6.45, 7) is 5.83. The van der Waals surface area contributed by atoms with Crippen molar-refractivity contribution in [1.29, 1.82) is 0 Å². The van der Waals surface area contributed by atoms with Crippen molar-refractivity contribution in [1.82, 2.24) is 4.90 Å². The van der Waals surface area contributed by atoms with E-state index in [1.165, 1.54) is 0 Å². The van der Waals surface area contributed by atoms with Gasteiger partial charge in [-0.1, -0.05) is 6.92 Å². The van der Waals surface area contributed by atoms with Crippen molar-refractivity contribution in [3.8, 4) is 0 Å². The van der Waals surface area contributed by atoms with Gasteiger partial charge in [-0.25, -0.2) is 8.42 Å². The monoisotopic (exact) mass is 250 g/mol. The summed E-state index contributed by atoms with van der Waals surface area (Å²) in [7, 11) is 1.13. The van der Waals surface area contributed by atoms with Crippen LogP contribution in [0.3, 0.4) is 0 Å². The minimum Gasteiger partial charge on any atom is -0.326 e. The largest absolute Gasteiger partial charge is 0.326 e. The fourth-order valence-electron chi connectivity index (χ4n) is 1.35. The third-order valence-corrected chi connectivity index (χ3v) is 5.26. The zero-order valence-electron chi connectivity index (χ0n) is 11.2. The highest BCUT2D eigenvalue weighted by molar-refractivity contribution is 7.91. The van der Waals surface area contributed by atoms with Crippen molar-refractivity contribution in [3.05, 3.63) is 0 Å². The molecule has 0 bridgehead atoms. The Morgan fingerprint density at radius 2 is 1.81 bits per heavy atom. The maximum atomic E-state index is 11.3. The van der Waals surface area contributed by atoms with Crippen molar-refractivity contribution in [2.24, 2.45) is 5.73 Å². The summed E-state index contributed by atoms with van der Waals surface area (Å²) in [4.78, 5) is 2.08. The van der Waals surface area contributed by atoms with Crippen LogP contribution in [0.15, 0.2) is 0 Å². The van der Waals surface area contributed by atoms with Gasteiger partial charge in [-0.2, -0.15) is 0 Å². The highest BCUT2D eigenvalue weighted by atomic mass is 32.2. The van der Waals surface area contributed by atoms with E-state index >= 15 is 0 Å². The Kier molecular flexibility index (Phi) is 5.93. The quantitative estimate of drug-likeness (QED) is 0.728. The molecule has 0 rings (SSSR count). The number of nitrogens with zero attached hydrogens (tertiary/aromatic N) is 1. The zero-order chi connectivity index (χ0) is 13.0. The third-order valence-electron chi connectivity index (χ3n) is 3.47. The Bertz CT molecular complexity index is 297. The standard InChI is InChI=1S/C11H26N2O2S/c1-6-16(14,15)9-7-8-10(12)11(2,3)13(4)5/h10H,6-9,12H2,1-5H3. The summed E-state index contributed by atoms with van der Waals surface area (Å²) >= 11 is 0. The molecule has 2 N–H and O–H groups in total. The molecule has 0 aliphatic rings. The first kappa shape index (κ1) is 15.9. The smallest absolute Gasteiger partial charge is 0.150 e. The molecule has 1 atom stereocenters.